The summed E-state index contributed by atoms with van der Waals surface area (Å²) < 4.78 is 5.64. The molecule has 35 heavy (non-hydrogen) atoms. The Morgan fingerprint density at radius 2 is 1.54 bits per heavy atom. The molecular weight excluding hydrogens is 450 g/mol. The van der Waals surface area contributed by atoms with Crippen LogP contribution in [0.3, 0.4) is 0 Å². The molecule has 0 spiro atoms. The van der Waals surface area contributed by atoms with Gasteiger partial charge >= 0.3 is 0 Å². The van der Waals surface area contributed by atoms with E-state index in [4.69, 9.17) is 9.72 Å². The summed E-state index contributed by atoms with van der Waals surface area (Å²) in [6.07, 6.45) is 7.41. The fraction of sp³-hybridized carbons (Fsp3) is 0.348. The summed E-state index contributed by atoms with van der Waals surface area (Å²) in [4.78, 5) is 32.4. The lowest BCUT2D eigenvalue weighted by Gasteiger charge is -2.20. The topological polar surface area (TPSA) is 135 Å². The van der Waals surface area contributed by atoms with E-state index in [1.807, 2.05) is 12.1 Å². The highest BCUT2D eigenvalue weighted by molar-refractivity contribution is 5.80. The van der Waals surface area contributed by atoms with Crippen LogP contribution in [0.5, 0.6) is 11.6 Å². The summed E-state index contributed by atoms with van der Waals surface area (Å²) >= 11 is 0. The lowest BCUT2D eigenvalue weighted by molar-refractivity contribution is -0.385. The molecular formula is C23H25N9O3. The molecule has 0 radical (unpaired) electrons. The maximum atomic E-state index is 10.7. The number of nitrogens with one attached hydrogen (secondary N) is 1. The maximum Gasteiger partial charge on any atom is 0.287 e. The van der Waals surface area contributed by atoms with Crippen molar-refractivity contribution in [1.29, 1.82) is 0 Å². The molecule has 2 aliphatic rings. The van der Waals surface area contributed by atoms with Crippen molar-refractivity contribution in [3.63, 3.8) is 0 Å². The van der Waals surface area contributed by atoms with Crippen LogP contribution in [0.4, 0.5) is 23.5 Å². The van der Waals surface area contributed by atoms with Gasteiger partial charge in [0.2, 0.25) is 23.7 Å². The predicted octanol–water partition coefficient (Wildman–Crippen LogP) is 3.61. The number of nitro groups is 1. The van der Waals surface area contributed by atoms with Gasteiger partial charge in [-0.3, -0.25) is 10.1 Å². The van der Waals surface area contributed by atoms with Crippen molar-refractivity contribution in [1.82, 2.24) is 19.9 Å². The molecule has 12 nitrogen and oxygen atoms in total. The monoisotopic (exact) mass is 475 g/mol. The first kappa shape index (κ1) is 22.4. The van der Waals surface area contributed by atoms with E-state index in [9.17, 15) is 10.1 Å². The van der Waals surface area contributed by atoms with Gasteiger partial charge in [0.05, 0.1) is 11.1 Å². The smallest absolute Gasteiger partial charge is 0.287 e. The highest BCUT2D eigenvalue weighted by atomic mass is 16.6. The number of pyridine rings is 1. The van der Waals surface area contributed by atoms with Gasteiger partial charge in [0.25, 0.3) is 5.69 Å². The number of benzene rings is 1. The maximum absolute atomic E-state index is 10.7. The van der Waals surface area contributed by atoms with Gasteiger partial charge in [-0.05, 0) is 55.5 Å². The van der Waals surface area contributed by atoms with Crippen LogP contribution < -0.4 is 20.0 Å². The second kappa shape index (κ2) is 10.3. The lowest BCUT2D eigenvalue weighted by Crippen LogP contribution is -2.25. The molecule has 0 aliphatic carbocycles. The van der Waals surface area contributed by atoms with E-state index in [-0.39, 0.29) is 11.6 Å². The Bertz CT molecular complexity index is 1160. The fourth-order valence-corrected chi connectivity index (χ4v) is 3.97. The number of anilines is 3. The molecule has 0 bridgehead atoms. The van der Waals surface area contributed by atoms with E-state index < -0.39 is 4.92 Å². The number of hydrazone groups is 1. The van der Waals surface area contributed by atoms with Crippen LogP contribution in [0.1, 0.15) is 31.2 Å². The largest absolute Gasteiger partial charge is 0.439 e. The van der Waals surface area contributed by atoms with Gasteiger partial charge in [-0.2, -0.15) is 20.1 Å². The molecule has 3 aromatic rings. The zero-order chi connectivity index (χ0) is 24.0. The zero-order valence-electron chi connectivity index (χ0n) is 19.1. The quantitative estimate of drug-likeness (QED) is 0.292. The minimum atomic E-state index is -0.504. The van der Waals surface area contributed by atoms with Crippen LogP contribution in [0.25, 0.3) is 0 Å². The van der Waals surface area contributed by atoms with Crippen molar-refractivity contribution in [3.05, 3.63) is 58.3 Å². The van der Waals surface area contributed by atoms with E-state index in [1.54, 1.807) is 18.3 Å². The highest BCUT2D eigenvalue weighted by Gasteiger charge is 2.21. The average molecular weight is 476 g/mol. The van der Waals surface area contributed by atoms with Gasteiger partial charge in [0, 0.05) is 38.3 Å². The first-order chi connectivity index (χ1) is 17.1. The summed E-state index contributed by atoms with van der Waals surface area (Å²) in [5.74, 6) is 2.64. The molecule has 0 atom stereocenters. The van der Waals surface area contributed by atoms with Crippen LogP contribution in [0, 0.1) is 10.1 Å². The Hall–Kier alpha value is -4.35. The van der Waals surface area contributed by atoms with E-state index >= 15 is 0 Å². The molecule has 180 valence electrons. The number of aromatic nitrogens is 4. The molecule has 2 aromatic heterocycles. The minimum Gasteiger partial charge on any atom is -0.439 e. The van der Waals surface area contributed by atoms with Crippen molar-refractivity contribution >= 4 is 29.7 Å². The molecule has 1 aromatic carbocycles. The van der Waals surface area contributed by atoms with Crippen LogP contribution in [0.15, 0.2) is 47.7 Å². The molecule has 4 heterocycles. The summed E-state index contributed by atoms with van der Waals surface area (Å²) in [5, 5.41) is 15.0. The Kier molecular flexibility index (Phi) is 6.59. The van der Waals surface area contributed by atoms with Crippen molar-refractivity contribution in [2.24, 2.45) is 5.10 Å². The van der Waals surface area contributed by atoms with Crippen LogP contribution in [-0.2, 0) is 0 Å². The summed E-state index contributed by atoms with van der Waals surface area (Å²) in [5.41, 5.74) is 3.70. The summed E-state index contributed by atoms with van der Waals surface area (Å²) in [6.45, 7) is 3.82. The van der Waals surface area contributed by atoms with Gasteiger partial charge < -0.3 is 14.5 Å². The van der Waals surface area contributed by atoms with E-state index in [0.717, 1.165) is 63.6 Å². The van der Waals surface area contributed by atoms with E-state index in [0.29, 0.717) is 23.6 Å². The number of nitrogens with zero attached hydrogens (tertiary/aromatic N) is 8. The Morgan fingerprint density at radius 3 is 2.09 bits per heavy atom. The Balaban J connectivity index is 1.24. The number of rotatable bonds is 8. The van der Waals surface area contributed by atoms with E-state index in [1.165, 1.54) is 12.1 Å². The molecule has 2 saturated heterocycles. The zero-order valence-corrected chi connectivity index (χ0v) is 19.1. The molecule has 2 aliphatic heterocycles. The van der Waals surface area contributed by atoms with Crippen LogP contribution >= 0.6 is 0 Å². The summed E-state index contributed by atoms with van der Waals surface area (Å²) in [6, 6.07) is 10.0. The van der Waals surface area contributed by atoms with Crippen molar-refractivity contribution < 1.29 is 9.66 Å². The predicted molar refractivity (Wildman–Crippen MR) is 131 cm³/mol. The average Bonchev–Trinajstić information content (AvgIpc) is 3.60. The van der Waals surface area contributed by atoms with Gasteiger partial charge in [-0.1, -0.05) is 0 Å². The fourth-order valence-electron chi connectivity index (χ4n) is 3.97. The van der Waals surface area contributed by atoms with E-state index in [2.05, 4.69) is 35.3 Å². The van der Waals surface area contributed by atoms with Gasteiger partial charge in [-0.25, -0.2) is 10.4 Å². The molecule has 0 unspecified atom stereocenters. The van der Waals surface area contributed by atoms with Gasteiger partial charge in [0.1, 0.15) is 11.9 Å². The first-order valence-electron chi connectivity index (χ1n) is 11.6. The van der Waals surface area contributed by atoms with Crippen molar-refractivity contribution in [2.75, 3.05) is 41.4 Å². The molecule has 5 rings (SSSR count). The van der Waals surface area contributed by atoms with Crippen LogP contribution in [-0.4, -0.2) is 57.3 Å². The number of hydrogen-bond acceptors (Lipinski definition) is 11. The lowest BCUT2D eigenvalue weighted by atomic mass is 10.2. The molecule has 0 saturated carbocycles. The Labute approximate surface area is 201 Å². The molecule has 1 N–H and O–H groups in total. The Morgan fingerprint density at radius 1 is 0.914 bits per heavy atom. The molecule has 12 heteroatoms. The molecule has 2 fully saturated rings. The van der Waals surface area contributed by atoms with Crippen molar-refractivity contribution in [3.8, 4) is 11.6 Å². The molecule has 0 amide bonds. The SMILES string of the molecule is O=[N+]([O-])c1ccc(Oc2ccc(/C=N/Nc3nc(N4CCCC4)nc(N4CCCC4)n3)cc2)nc1. The highest BCUT2D eigenvalue weighted by Crippen LogP contribution is 2.23. The first-order valence-corrected chi connectivity index (χ1v) is 11.6. The van der Waals surface area contributed by atoms with Crippen LogP contribution in [0.2, 0.25) is 0 Å². The second-order valence-electron chi connectivity index (χ2n) is 8.30. The number of hydrogen-bond donors (Lipinski definition) is 1. The second-order valence-corrected chi connectivity index (χ2v) is 8.30. The third-order valence-electron chi connectivity index (χ3n) is 5.80. The standard InChI is InChI=1S/C23H25N9O3/c33-32(34)18-7-10-20(24-16-18)35-19-8-5-17(6-9-19)15-25-29-21-26-22(30-11-1-2-12-30)28-23(27-21)31-13-3-4-14-31/h5-10,15-16H,1-4,11-14H2,(H,26,27,28,29)/b25-15+. The minimum absolute atomic E-state index is 0.0883. The summed E-state index contributed by atoms with van der Waals surface area (Å²) in [7, 11) is 0. The number of ether oxygens (including phenoxy) is 1. The van der Waals surface area contributed by atoms with Crippen molar-refractivity contribution in [2.45, 2.75) is 25.7 Å². The van der Waals surface area contributed by atoms with Gasteiger partial charge in [-0.15, -0.1) is 0 Å². The third-order valence-corrected chi connectivity index (χ3v) is 5.80. The third kappa shape index (κ3) is 5.60. The normalized spacial score (nSPS) is 15.7. The van der Waals surface area contributed by atoms with Gasteiger partial charge in [0.15, 0.2) is 0 Å².